The first-order valence-electron chi connectivity index (χ1n) is 9.42. The molecule has 1 N–H and O–H groups in total. The third-order valence-corrected chi connectivity index (χ3v) is 4.84. The highest BCUT2D eigenvalue weighted by molar-refractivity contribution is 5.69. The van der Waals surface area contributed by atoms with E-state index in [1.807, 2.05) is 54.6 Å². The van der Waals surface area contributed by atoms with Gasteiger partial charge in [0.1, 0.15) is 17.7 Å². The number of benzene rings is 2. The molecule has 0 saturated carbocycles. The number of carbonyl (C=O) groups is 1. The number of piperazine rings is 1. The molecule has 1 saturated heterocycles. The first kappa shape index (κ1) is 18.4. The molecule has 0 spiro atoms. The second-order valence-corrected chi connectivity index (χ2v) is 6.71. The Morgan fingerprint density at radius 3 is 2.41 bits per heavy atom. The van der Waals surface area contributed by atoms with Gasteiger partial charge in [-0.1, -0.05) is 42.5 Å². The van der Waals surface area contributed by atoms with Gasteiger partial charge in [0.05, 0.1) is 11.3 Å². The first-order chi connectivity index (χ1) is 14.3. The van der Waals surface area contributed by atoms with E-state index in [-0.39, 0.29) is 0 Å². The Bertz CT molecular complexity index is 1040. The molecular formula is C22H20N6O. The number of nitriles is 1. The van der Waals surface area contributed by atoms with Crippen LogP contribution >= 0.6 is 0 Å². The minimum atomic E-state index is 0.550. The number of aromatic nitrogens is 2. The second kappa shape index (κ2) is 8.40. The summed E-state index contributed by atoms with van der Waals surface area (Å²) in [6.07, 6.45) is 0.887. The minimum absolute atomic E-state index is 0.550. The van der Waals surface area contributed by atoms with E-state index >= 15 is 0 Å². The quantitative estimate of drug-likeness (QED) is 0.681. The summed E-state index contributed by atoms with van der Waals surface area (Å²) in [6.45, 7) is 2.73. The number of para-hydroxylation sites is 1. The number of nitrogens with one attached hydrogen (secondary N) is 1. The van der Waals surface area contributed by atoms with Gasteiger partial charge < -0.3 is 15.1 Å². The molecule has 29 heavy (non-hydrogen) atoms. The van der Waals surface area contributed by atoms with Crippen molar-refractivity contribution in [3.8, 4) is 17.5 Å². The lowest BCUT2D eigenvalue weighted by Gasteiger charge is -2.33. The largest absolute Gasteiger partial charge is 0.353 e. The molecule has 3 aromatic rings. The number of nitrogens with zero attached hydrogens (tertiary/aromatic N) is 5. The van der Waals surface area contributed by atoms with E-state index in [9.17, 15) is 10.1 Å². The van der Waals surface area contributed by atoms with Crippen molar-refractivity contribution in [1.82, 2.24) is 14.9 Å². The average Bonchev–Trinajstić information content (AvgIpc) is 2.80. The Morgan fingerprint density at radius 1 is 0.966 bits per heavy atom. The molecule has 7 heteroatoms. The summed E-state index contributed by atoms with van der Waals surface area (Å²) in [5, 5.41) is 12.6. The third-order valence-electron chi connectivity index (χ3n) is 4.84. The number of hydrogen-bond donors (Lipinski definition) is 1. The maximum atomic E-state index is 11.0. The Kier molecular flexibility index (Phi) is 5.34. The number of rotatable bonds is 5. The van der Waals surface area contributed by atoms with E-state index in [1.54, 1.807) is 11.0 Å². The maximum absolute atomic E-state index is 11.0. The number of carbonyl (C=O) groups excluding carboxylic acids is 1. The van der Waals surface area contributed by atoms with Gasteiger partial charge in [-0.3, -0.25) is 4.79 Å². The molecule has 2 aromatic carbocycles. The number of anilines is 3. The standard InChI is InChI=1S/C22H20N6O/c23-15-18-8-4-5-9-19(18)24-20-14-21(28-12-10-27(16-29)11-13-28)26-22(25-20)17-6-2-1-3-7-17/h1-9,14,16H,10-13H2,(H,24,25,26). The first-order valence-corrected chi connectivity index (χ1v) is 9.42. The van der Waals surface area contributed by atoms with E-state index in [0.717, 1.165) is 17.8 Å². The molecule has 144 valence electrons. The van der Waals surface area contributed by atoms with Crippen LogP contribution in [0.25, 0.3) is 11.4 Å². The van der Waals surface area contributed by atoms with Gasteiger partial charge in [0.25, 0.3) is 0 Å². The summed E-state index contributed by atoms with van der Waals surface area (Å²) in [6, 6.07) is 21.2. The topological polar surface area (TPSA) is 85.2 Å². The molecule has 1 amide bonds. The van der Waals surface area contributed by atoms with Crippen LogP contribution in [0.3, 0.4) is 0 Å². The van der Waals surface area contributed by atoms with Crippen molar-refractivity contribution in [3.05, 3.63) is 66.2 Å². The van der Waals surface area contributed by atoms with E-state index in [4.69, 9.17) is 4.98 Å². The SMILES string of the molecule is N#Cc1ccccc1Nc1cc(N2CCN(C=O)CC2)nc(-c2ccccc2)n1. The number of amides is 1. The molecule has 1 fully saturated rings. The summed E-state index contributed by atoms with van der Waals surface area (Å²) in [7, 11) is 0. The van der Waals surface area contributed by atoms with Crippen LogP contribution < -0.4 is 10.2 Å². The van der Waals surface area contributed by atoms with E-state index in [2.05, 4.69) is 21.3 Å². The Hall–Kier alpha value is -3.92. The predicted octanol–water partition coefficient (Wildman–Crippen LogP) is 3.04. The lowest BCUT2D eigenvalue weighted by atomic mass is 10.2. The van der Waals surface area contributed by atoms with Crippen LogP contribution in [0.1, 0.15) is 5.56 Å². The molecule has 0 unspecified atom stereocenters. The highest BCUT2D eigenvalue weighted by Crippen LogP contribution is 2.26. The molecular weight excluding hydrogens is 364 g/mol. The second-order valence-electron chi connectivity index (χ2n) is 6.71. The summed E-state index contributed by atoms with van der Waals surface area (Å²) in [4.78, 5) is 24.4. The van der Waals surface area contributed by atoms with Crippen LogP contribution in [0, 0.1) is 11.3 Å². The van der Waals surface area contributed by atoms with Gasteiger partial charge in [-0.25, -0.2) is 9.97 Å². The lowest BCUT2D eigenvalue weighted by Crippen LogP contribution is -2.46. The molecule has 4 rings (SSSR count). The van der Waals surface area contributed by atoms with Crippen molar-refractivity contribution in [1.29, 1.82) is 5.26 Å². The van der Waals surface area contributed by atoms with Crippen molar-refractivity contribution in [2.75, 3.05) is 36.4 Å². The predicted molar refractivity (Wildman–Crippen MR) is 112 cm³/mol. The fourth-order valence-corrected chi connectivity index (χ4v) is 3.26. The molecule has 1 aliphatic rings. The van der Waals surface area contributed by atoms with E-state index < -0.39 is 0 Å². The molecule has 2 heterocycles. The normalized spacial score (nSPS) is 13.6. The fraction of sp³-hybridized carbons (Fsp3) is 0.182. The summed E-state index contributed by atoms with van der Waals surface area (Å²) < 4.78 is 0. The van der Waals surface area contributed by atoms with Gasteiger partial charge in [0.2, 0.25) is 6.41 Å². The Morgan fingerprint density at radius 2 is 1.69 bits per heavy atom. The van der Waals surface area contributed by atoms with Crippen LogP contribution in [0.5, 0.6) is 0 Å². The highest BCUT2D eigenvalue weighted by Gasteiger charge is 2.19. The maximum Gasteiger partial charge on any atom is 0.209 e. The summed E-state index contributed by atoms with van der Waals surface area (Å²) in [5.74, 6) is 2.02. The Labute approximate surface area is 169 Å². The van der Waals surface area contributed by atoms with Crippen LogP contribution in [-0.4, -0.2) is 47.5 Å². The minimum Gasteiger partial charge on any atom is -0.353 e. The zero-order chi connectivity index (χ0) is 20.1. The molecule has 1 aromatic heterocycles. The van der Waals surface area contributed by atoms with Crippen molar-refractivity contribution >= 4 is 23.7 Å². The molecule has 0 bridgehead atoms. The van der Waals surface area contributed by atoms with Crippen LogP contribution in [-0.2, 0) is 4.79 Å². The Balaban J connectivity index is 1.71. The lowest BCUT2D eigenvalue weighted by molar-refractivity contribution is -0.118. The van der Waals surface area contributed by atoms with Crippen molar-refractivity contribution in [2.45, 2.75) is 0 Å². The number of hydrogen-bond acceptors (Lipinski definition) is 6. The van der Waals surface area contributed by atoms with Gasteiger partial charge in [-0.05, 0) is 12.1 Å². The molecule has 0 radical (unpaired) electrons. The van der Waals surface area contributed by atoms with Gasteiger partial charge in [-0.2, -0.15) is 5.26 Å². The van der Waals surface area contributed by atoms with Crippen LogP contribution in [0.15, 0.2) is 60.7 Å². The fourth-order valence-electron chi connectivity index (χ4n) is 3.26. The van der Waals surface area contributed by atoms with Gasteiger partial charge >= 0.3 is 0 Å². The zero-order valence-electron chi connectivity index (χ0n) is 15.8. The van der Waals surface area contributed by atoms with Gasteiger partial charge in [0, 0.05) is 37.8 Å². The average molecular weight is 384 g/mol. The summed E-state index contributed by atoms with van der Waals surface area (Å²) in [5.41, 5.74) is 2.16. The molecule has 0 aliphatic carbocycles. The van der Waals surface area contributed by atoms with E-state index in [0.29, 0.717) is 49.1 Å². The van der Waals surface area contributed by atoms with Crippen molar-refractivity contribution in [2.24, 2.45) is 0 Å². The monoisotopic (exact) mass is 384 g/mol. The van der Waals surface area contributed by atoms with Crippen molar-refractivity contribution < 1.29 is 4.79 Å². The zero-order valence-corrected chi connectivity index (χ0v) is 15.8. The van der Waals surface area contributed by atoms with Gasteiger partial charge in [-0.15, -0.1) is 0 Å². The highest BCUT2D eigenvalue weighted by atomic mass is 16.1. The van der Waals surface area contributed by atoms with Crippen molar-refractivity contribution in [3.63, 3.8) is 0 Å². The smallest absolute Gasteiger partial charge is 0.209 e. The summed E-state index contributed by atoms with van der Waals surface area (Å²) >= 11 is 0. The van der Waals surface area contributed by atoms with Crippen LogP contribution in [0.4, 0.5) is 17.3 Å². The molecule has 7 nitrogen and oxygen atoms in total. The van der Waals surface area contributed by atoms with E-state index in [1.165, 1.54) is 0 Å². The molecule has 1 aliphatic heterocycles. The van der Waals surface area contributed by atoms with Crippen LogP contribution in [0.2, 0.25) is 0 Å². The van der Waals surface area contributed by atoms with Gasteiger partial charge in [0.15, 0.2) is 5.82 Å². The third kappa shape index (κ3) is 4.17. The molecule has 0 atom stereocenters.